The molecule has 1 unspecified atom stereocenters. The van der Waals surface area contributed by atoms with Crippen LogP contribution >= 0.6 is 23.2 Å². The van der Waals surface area contributed by atoms with Gasteiger partial charge in [-0.05, 0) is 25.0 Å². The van der Waals surface area contributed by atoms with Crippen molar-refractivity contribution in [3.05, 3.63) is 33.8 Å². The maximum absolute atomic E-state index is 12.9. The number of rotatable bonds is 5. The number of likely N-dealkylation sites (tertiary alicyclic amines) is 1. The van der Waals surface area contributed by atoms with Crippen LogP contribution in [0.15, 0.2) is 18.2 Å². The molecular formula is C21H27Cl2N3O3. The molecule has 0 aliphatic carbocycles. The summed E-state index contributed by atoms with van der Waals surface area (Å²) in [7, 11) is 0. The summed E-state index contributed by atoms with van der Waals surface area (Å²) >= 11 is 12.2. The molecule has 0 saturated carbocycles. The second kappa shape index (κ2) is 9.35. The fraction of sp³-hybridized carbons (Fsp3) is 0.571. The summed E-state index contributed by atoms with van der Waals surface area (Å²) in [5, 5.41) is 0.600. The maximum Gasteiger partial charge on any atom is 0.255 e. The van der Waals surface area contributed by atoms with Crippen LogP contribution in [0, 0.1) is 5.92 Å². The lowest BCUT2D eigenvalue weighted by molar-refractivity contribution is -0.137. The third-order valence-electron chi connectivity index (χ3n) is 5.95. The molecule has 0 bridgehead atoms. The lowest BCUT2D eigenvalue weighted by Gasteiger charge is -2.36. The lowest BCUT2D eigenvalue weighted by Crippen LogP contribution is -2.52. The van der Waals surface area contributed by atoms with Gasteiger partial charge in [0.15, 0.2) is 0 Å². The largest absolute Gasteiger partial charge is 0.339 e. The molecular weight excluding hydrogens is 413 g/mol. The van der Waals surface area contributed by atoms with Crippen LogP contribution in [-0.4, -0.2) is 71.2 Å². The number of piperazine rings is 1. The number of hydrogen-bond donors (Lipinski definition) is 0. The van der Waals surface area contributed by atoms with Gasteiger partial charge in [-0.25, -0.2) is 0 Å². The minimum atomic E-state index is -0.285. The van der Waals surface area contributed by atoms with E-state index >= 15 is 0 Å². The summed E-state index contributed by atoms with van der Waals surface area (Å²) in [6, 6.07) is 5.21. The Morgan fingerprint density at radius 2 is 1.69 bits per heavy atom. The van der Waals surface area contributed by atoms with Gasteiger partial charge >= 0.3 is 0 Å². The van der Waals surface area contributed by atoms with Crippen molar-refractivity contribution in [1.82, 2.24) is 14.7 Å². The zero-order valence-corrected chi connectivity index (χ0v) is 18.4. The third-order valence-corrected chi connectivity index (χ3v) is 6.77. The van der Waals surface area contributed by atoms with Crippen LogP contribution < -0.4 is 0 Å². The van der Waals surface area contributed by atoms with Crippen LogP contribution in [0.4, 0.5) is 0 Å². The molecule has 0 N–H and O–H groups in total. The van der Waals surface area contributed by atoms with Gasteiger partial charge in [-0.3, -0.25) is 14.4 Å². The van der Waals surface area contributed by atoms with Crippen molar-refractivity contribution in [1.29, 1.82) is 0 Å². The number of carbonyl (C=O) groups excluding carboxylic acids is 3. The van der Waals surface area contributed by atoms with E-state index < -0.39 is 0 Å². The Hall–Kier alpha value is -1.79. The topological polar surface area (TPSA) is 60.9 Å². The molecule has 1 aromatic carbocycles. The van der Waals surface area contributed by atoms with Crippen molar-refractivity contribution in [3.8, 4) is 0 Å². The molecule has 2 saturated heterocycles. The summed E-state index contributed by atoms with van der Waals surface area (Å²) in [5.41, 5.74) is 0.376. The Bertz CT molecular complexity index is 789. The Kier molecular flexibility index (Phi) is 7.06. The first-order chi connectivity index (χ1) is 13.9. The number of amides is 3. The van der Waals surface area contributed by atoms with Gasteiger partial charge in [0.2, 0.25) is 11.8 Å². The number of halogens is 2. The van der Waals surface area contributed by atoms with Crippen molar-refractivity contribution in [3.63, 3.8) is 0 Å². The highest BCUT2D eigenvalue weighted by atomic mass is 35.5. The summed E-state index contributed by atoms with van der Waals surface area (Å²) in [4.78, 5) is 43.4. The molecule has 8 heteroatoms. The van der Waals surface area contributed by atoms with Gasteiger partial charge < -0.3 is 14.7 Å². The Morgan fingerprint density at radius 3 is 2.31 bits per heavy atom. The van der Waals surface area contributed by atoms with E-state index in [1.165, 1.54) is 0 Å². The average Bonchev–Trinajstić information content (AvgIpc) is 3.11. The second-order valence-corrected chi connectivity index (χ2v) is 8.42. The van der Waals surface area contributed by atoms with Crippen molar-refractivity contribution in [2.24, 2.45) is 5.92 Å². The minimum absolute atomic E-state index is 0.0136. The molecule has 2 heterocycles. The molecule has 0 radical (unpaired) electrons. The van der Waals surface area contributed by atoms with E-state index in [-0.39, 0.29) is 41.1 Å². The minimum Gasteiger partial charge on any atom is -0.339 e. The van der Waals surface area contributed by atoms with E-state index in [4.69, 9.17) is 23.2 Å². The highest BCUT2D eigenvalue weighted by molar-refractivity contribution is 6.43. The van der Waals surface area contributed by atoms with Gasteiger partial charge in [0.1, 0.15) is 0 Å². The number of nitrogens with zero attached hydrogens (tertiary/aromatic N) is 3. The fourth-order valence-corrected chi connectivity index (χ4v) is 4.59. The van der Waals surface area contributed by atoms with E-state index in [1.54, 1.807) is 28.0 Å². The normalized spacial score (nSPS) is 20.0. The molecule has 2 aliphatic rings. The molecule has 29 heavy (non-hydrogen) atoms. The van der Waals surface area contributed by atoms with Crippen molar-refractivity contribution in [2.45, 2.75) is 39.2 Å². The smallest absolute Gasteiger partial charge is 0.255 e. The number of carbonyl (C=O) groups is 3. The van der Waals surface area contributed by atoms with Gasteiger partial charge in [0.05, 0.1) is 21.5 Å². The zero-order valence-electron chi connectivity index (χ0n) is 16.9. The Balaban J connectivity index is 1.58. The molecule has 0 spiro atoms. The zero-order chi connectivity index (χ0) is 21.1. The highest BCUT2D eigenvalue weighted by Crippen LogP contribution is 2.28. The number of benzene rings is 1. The van der Waals surface area contributed by atoms with Crippen LogP contribution in [0.3, 0.4) is 0 Å². The van der Waals surface area contributed by atoms with E-state index in [2.05, 4.69) is 13.8 Å². The summed E-state index contributed by atoms with van der Waals surface area (Å²) in [5.74, 6) is -0.380. The lowest BCUT2D eigenvalue weighted by atomic mass is 10.1. The van der Waals surface area contributed by atoms with Gasteiger partial charge in [-0.2, -0.15) is 0 Å². The second-order valence-electron chi connectivity index (χ2n) is 7.64. The summed E-state index contributed by atoms with van der Waals surface area (Å²) in [6.45, 7) is 6.42. The number of hydrogen-bond acceptors (Lipinski definition) is 3. The summed E-state index contributed by atoms with van der Waals surface area (Å²) in [6.07, 6.45) is 2.08. The predicted molar refractivity (Wildman–Crippen MR) is 113 cm³/mol. The predicted octanol–water partition coefficient (Wildman–Crippen LogP) is 3.31. The molecule has 2 aliphatic heterocycles. The van der Waals surface area contributed by atoms with Crippen molar-refractivity contribution < 1.29 is 14.4 Å². The Labute approximate surface area is 181 Å². The molecule has 3 rings (SSSR count). The van der Waals surface area contributed by atoms with E-state index in [9.17, 15) is 14.4 Å². The van der Waals surface area contributed by atoms with Gasteiger partial charge in [-0.15, -0.1) is 0 Å². The van der Waals surface area contributed by atoms with Crippen LogP contribution in [0.2, 0.25) is 10.0 Å². The average molecular weight is 440 g/mol. The fourth-order valence-electron chi connectivity index (χ4n) is 4.21. The van der Waals surface area contributed by atoms with Crippen molar-refractivity contribution in [2.75, 3.05) is 32.7 Å². The first-order valence-corrected chi connectivity index (χ1v) is 10.9. The molecule has 158 valence electrons. The maximum atomic E-state index is 12.9. The Morgan fingerprint density at radius 1 is 1.07 bits per heavy atom. The summed E-state index contributed by atoms with van der Waals surface area (Å²) < 4.78 is 0. The van der Waals surface area contributed by atoms with Gasteiger partial charge in [0.25, 0.3) is 5.91 Å². The van der Waals surface area contributed by atoms with Crippen LogP contribution in [-0.2, 0) is 9.59 Å². The van der Waals surface area contributed by atoms with E-state index in [0.717, 1.165) is 12.8 Å². The molecule has 2 fully saturated rings. The monoisotopic (exact) mass is 439 g/mol. The highest BCUT2D eigenvalue weighted by Gasteiger charge is 2.39. The molecule has 1 aromatic rings. The first kappa shape index (κ1) is 21.9. The molecule has 3 amide bonds. The molecule has 0 aromatic heterocycles. The standard InChI is InChI=1S/C21H27Cl2N3O3/c1-3-15(4-2)26-13-14(12-18(26)27)20(28)24-8-10-25(11-9-24)21(29)16-6-5-7-17(22)19(16)23/h5-7,14-15H,3-4,8-13H2,1-2H3. The van der Waals surface area contributed by atoms with Gasteiger partial charge in [-0.1, -0.05) is 43.1 Å². The molecule has 6 nitrogen and oxygen atoms in total. The van der Waals surface area contributed by atoms with Crippen molar-refractivity contribution >= 4 is 40.9 Å². The quantitative estimate of drug-likeness (QED) is 0.706. The first-order valence-electron chi connectivity index (χ1n) is 10.2. The van der Waals surface area contributed by atoms with Crippen LogP contribution in [0.1, 0.15) is 43.5 Å². The third kappa shape index (κ3) is 4.53. The van der Waals surface area contributed by atoms with Crippen LogP contribution in [0.25, 0.3) is 0 Å². The van der Waals surface area contributed by atoms with Crippen LogP contribution in [0.5, 0.6) is 0 Å². The van der Waals surface area contributed by atoms with Gasteiger partial charge in [0, 0.05) is 45.2 Å². The van der Waals surface area contributed by atoms with E-state index in [1.807, 2.05) is 4.90 Å². The SMILES string of the molecule is CCC(CC)N1CC(C(=O)N2CCN(C(=O)c3cccc(Cl)c3Cl)CC2)CC1=O. The van der Waals surface area contributed by atoms with E-state index in [0.29, 0.717) is 43.3 Å². The molecule has 1 atom stereocenters.